The summed E-state index contributed by atoms with van der Waals surface area (Å²) < 4.78 is 5.22. The van der Waals surface area contributed by atoms with Crippen LogP contribution in [0.25, 0.3) is 0 Å². The second-order valence-corrected chi connectivity index (χ2v) is 7.02. The molecule has 150 valence electrons. The highest BCUT2D eigenvalue weighted by atomic mass is 16.5. The maximum Gasteiger partial charge on any atom is 0.100 e. The fraction of sp³-hybridized carbons (Fsp3) is 0.905. The zero-order valence-electron chi connectivity index (χ0n) is 16.4. The van der Waals surface area contributed by atoms with Gasteiger partial charge in [0.2, 0.25) is 0 Å². The lowest BCUT2D eigenvalue weighted by atomic mass is 10.1. The fourth-order valence-corrected chi connectivity index (χ4v) is 2.76. The number of allylic oxidation sites excluding steroid dienone is 2. The minimum absolute atomic E-state index is 0.164. The average Bonchev–Trinajstić information content (AvgIpc) is 2.62. The molecule has 0 spiro atoms. The Bertz CT molecular complexity index is 281. The highest BCUT2D eigenvalue weighted by molar-refractivity contribution is 4.81. The summed E-state index contributed by atoms with van der Waals surface area (Å²) in [5.74, 6) is 0. The van der Waals surface area contributed by atoms with E-state index in [1.54, 1.807) is 0 Å². The summed E-state index contributed by atoms with van der Waals surface area (Å²) in [7, 11) is 0. The normalized spacial score (nSPS) is 14.2. The van der Waals surface area contributed by atoms with E-state index < -0.39 is 6.10 Å². The molecule has 0 rings (SSSR count). The van der Waals surface area contributed by atoms with Crippen molar-refractivity contribution in [1.82, 2.24) is 0 Å². The first-order chi connectivity index (χ1) is 12.2. The summed E-state index contributed by atoms with van der Waals surface area (Å²) in [4.78, 5) is 0. The molecule has 2 atom stereocenters. The van der Waals surface area contributed by atoms with E-state index in [0.29, 0.717) is 6.61 Å². The molecular weight excluding hydrogens is 316 g/mol. The first kappa shape index (κ1) is 24.6. The molecule has 0 aromatic heterocycles. The standard InChI is InChI=1S/C21H42O4/c1-2-3-4-5-6-7-8-9-10-11-12-13-15-20(23)16-14-17-25-19-21(24)18-22/h9-10,20-24H,2-8,11-19H2,1H3/b10-9-. The van der Waals surface area contributed by atoms with E-state index in [1.807, 2.05) is 0 Å². The summed E-state index contributed by atoms with van der Waals surface area (Å²) in [5.41, 5.74) is 0. The quantitative estimate of drug-likeness (QED) is 0.237. The Morgan fingerprint density at radius 3 is 2.04 bits per heavy atom. The lowest BCUT2D eigenvalue weighted by Crippen LogP contribution is -2.20. The van der Waals surface area contributed by atoms with Gasteiger partial charge in [-0.2, -0.15) is 0 Å². The molecule has 3 N–H and O–H groups in total. The second kappa shape index (κ2) is 19.9. The largest absolute Gasteiger partial charge is 0.394 e. The molecule has 0 aliphatic carbocycles. The molecule has 0 aromatic carbocycles. The Morgan fingerprint density at radius 1 is 0.760 bits per heavy atom. The molecule has 0 aliphatic heterocycles. The van der Waals surface area contributed by atoms with E-state index in [4.69, 9.17) is 14.9 Å². The van der Waals surface area contributed by atoms with E-state index in [0.717, 1.165) is 38.5 Å². The van der Waals surface area contributed by atoms with Crippen LogP contribution in [0.2, 0.25) is 0 Å². The molecule has 0 fully saturated rings. The molecular formula is C21H42O4. The number of aliphatic hydroxyl groups is 3. The van der Waals surface area contributed by atoms with Gasteiger partial charge in [-0.05, 0) is 44.9 Å². The van der Waals surface area contributed by atoms with Gasteiger partial charge in [0.25, 0.3) is 0 Å². The summed E-state index contributed by atoms with van der Waals surface area (Å²) in [6, 6.07) is 0. The summed E-state index contributed by atoms with van der Waals surface area (Å²) in [5, 5.41) is 27.7. The fourth-order valence-electron chi connectivity index (χ4n) is 2.76. The van der Waals surface area contributed by atoms with E-state index in [9.17, 15) is 5.11 Å². The van der Waals surface area contributed by atoms with Crippen LogP contribution in [0.3, 0.4) is 0 Å². The Labute approximate surface area is 155 Å². The Hall–Kier alpha value is -0.420. The van der Waals surface area contributed by atoms with Crippen LogP contribution in [0.4, 0.5) is 0 Å². The molecule has 2 unspecified atom stereocenters. The zero-order chi connectivity index (χ0) is 18.6. The summed E-state index contributed by atoms with van der Waals surface area (Å²) >= 11 is 0. The third kappa shape index (κ3) is 19.7. The molecule has 0 amide bonds. The number of ether oxygens (including phenoxy) is 1. The van der Waals surface area contributed by atoms with Crippen LogP contribution in [0, 0.1) is 0 Å². The van der Waals surface area contributed by atoms with Crippen LogP contribution in [-0.4, -0.2) is 47.3 Å². The van der Waals surface area contributed by atoms with Gasteiger partial charge in [-0.25, -0.2) is 0 Å². The molecule has 25 heavy (non-hydrogen) atoms. The number of rotatable bonds is 19. The van der Waals surface area contributed by atoms with Crippen molar-refractivity contribution in [2.75, 3.05) is 19.8 Å². The van der Waals surface area contributed by atoms with E-state index in [2.05, 4.69) is 19.1 Å². The van der Waals surface area contributed by atoms with E-state index >= 15 is 0 Å². The van der Waals surface area contributed by atoms with Gasteiger partial charge in [0.05, 0.1) is 19.3 Å². The van der Waals surface area contributed by atoms with Gasteiger partial charge in [-0.15, -0.1) is 0 Å². The minimum atomic E-state index is -0.793. The molecule has 0 aliphatic rings. The SMILES string of the molecule is CCCCCCCC/C=C\CCCCC(O)CCCOCC(O)CO. The van der Waals surface area contributed by atoms with Crippen LogP contribution in [0.15, 0.2) is 12.2 Å². The monoisotopic (exact) mass is 358 g/mol. The third-order valence-electron chi connectivity index (χ3n) is 4.40. The second-order valence-electron chi connectivity index (χ2n) is 7.02. The number of hydrogen-bond donors (Lipinski definition) is 3. The van der Waals surface area contributed by atoms with Crippen LogP contribution in [0.1, 0.15) is 90.4 Å². The van der Waals surface area contributed by atoms with Gasteiger partial charge in [0.1, 0.15) is 6.10 Å². The molecule has 0 saturated heterocycles. The van der Waals surface area contributed by atoms with Crippen molar-refractivity contribution in [2.45, 2.75) is 103 Å². The highest BCUT2D eigenvalue weighted by Gasteiger charge is 2.05. The first-order valence-corrected chi connectivity index (χ1v) is 10.4. The van der Waals surface area contributed by atoms with Crippen LogP contribution < -0.4 is 0 Å². The Balaban J connectivity index is 3.26. The maximum atomic E-state index is 9.90. The molecule has 4 nitrogen and oxygen atoms in total. The van der Waals surface area contributed by atoms with E-state index in [1.165, 1.54) is 44.9 Å². The summed E-state index contributed by atoms with van der Waals surface area (Å²) in [6.07, 6.45) is 18.6. The predicted molar refractivity (Wildman–Crippen MR) is 105 cm³/mol. The third-order valence-corrected chi connectivity index (χ3v) is 4.40. The molecule has 0 bridgehead atoms. The van der Waals surface area contributed by atoms with Gasteiger partial charge >= 0.3 is 0 Å². The maximum absolute atomic E-state index is 9.90. The van der Waals surface area contributed by atoms with Gasteiger partial charge in [0, 0.05) is 6.61 Å². The molecule has 0 aromatic rings. The van der Waals surface area contributed by atoms with Crippen molar-refractivity contribution in [2.24, 2.45) is 0 Å². The van der Waals surface area contributed by atoms with Crippen molar-refractivity contribution in [3.63, 3.8) is 0 Å². The Morgan fingerprint density at radius 2 is 1.36 bits per heavy atom. The number of hydrogen-bond acceptors (Lipinski definition) is 4. The molecule has 0 saturated carbocycles. The minimum Gasteiger partial charge on any atom is -0.394 e. The van der Waals surface area contributed by atoms with Crippen LogP contribution in [0.5, 0.6) is 0 Å². The predicted octanol–water partition coefficient (Wildman–Crippen LogP) is 4.36. The van der Waals surface area contributed by atoms with Crippen molar-refractivity contribution in [3.8, 4) is 0 Å². The van der Waals surface area contributed by atoms with E-state index in [-0.39, 0.29) is 19.3 Å². The van der Waals surface area contributed by atoms with Gasteiger partial charge in [-0.3, -0.25) is 0 Å². The van der Waals surface area contributed by atoms with Crippen molar-refractivity contribution < 1.29 is 20.1 Å². The van der Waals surface area contributed by atoms with Crippen LogP contribution >= 0.6 is 0 Å². The molecule has 4 heteroatoms. The van der Waals surface area contributed by atoms with Gasteiger partial charge < -0.3 is 20.1 Å². The highest BCUT2D eigenvalue weighted by Crippen LogP contribution is 2.10. The molecule has 0 heterocycles. The van der Waals surface area contributed by atoms with Crippen molar-refractivity contribution >= 4 is 0 Å². The first-order valence-electron chi connectivity index (χ1n) is 10.4. The lowest BCUT2D eigenvalue weighted by Gasteiger charge is -2.11. The number of aliphatic hydroxyl groups excluding tert-OH is 3. The van der Waals surface area contributed by atoms with Crippen molar-refractivity contribution in [3.05, 3.63) is 12.2 Å². The smallest absolute Gasteiger partial charge is 0.100 e. The van der Waals surface area contributed by atoms with Gasteiger partial charge in [0.15, 0.2) is 0 Å². The van der Waals surface area contributed by atoms with Crippen LogP contribution in [-0.2, 0) is 4.74 Å². The number of unbranched alkanes of at least 4 members (excludes halogenated alkanes) is 8. The van der Waals surface area contributed by atoms with Crippen molar-refractivity contribution in [1.29, 1.82) is 0 Å². The summed E-state index contributed by atoms with van der Waals surface area (Å²) in [6.45, 7) is 2.67. The molecule has 0 radical (unpaired) electrons. The lowest BCUT2D eigenvalue weighted by molar-refractivity contribution is 0.00283. The average molecular weight is 359 g/mol. The van der Waals surface area contributed by atoms with Gasteiger partial charge in [-0.1, -0.05) is 57.6 Å². The topological polar surface area (TPSA) is 69.9 Å². The zero-order valence-corrected chi connectivity index (χ0v) is 16.4. The Kier molecular flexibility index (Phi) is 19.6.